The molecular weight excluding hydrogens is 508 g/mol. The van der Waals surface area contributed by atoms with Crippen LogP contribution in [0.3, 0.4) is 0 Å². The van der Waals surface area contributed by atoms with E-state index in [0.717, 1.165) is 0 Å². The molecular formula is C25H32O13. The third-order valence-corrected chi connectivity index (χ3v) is 6.86. The molecule has 0 radical (unpaired) electrons. The van der Waals surface area contributed by atoms with E-state index in [2.05, 4.69) is 0 Å². The molecule has 2 aromatic carbocycles. The number of benzene rings is 2. The summed E-state index contributed by atoms with van der Waals surface area (Å²) in [5.41, 5.74) is 0.635. The summed E-state index contributed by atoms with van der Waals surface area (Å²) in [6, 6.07) is 6.44. The molecule has 2 aliphatic rings. The number of hydrogen-bond donors (Lipinski definition) is 8. The summed E-state index contributed by atoms with van der Waals surface area (Å²) in [5.74, 6) is -0.686. The second-order valence-corrected chi connectivity index (χ2v) is 9.45. The number of aliphatic hydroxyl groups excluding tert-OH is 7. The van der Waals surface area contributed by atoms with Gasteiger partial charge in [0, 0.05) is 0 Å². The zero-order valence-electron chi connectivity index (χ0n) is 20.6. The van der Waals surface area contributed by atoms with Crippen molar-refractivity contribution < 1.29 is 64.6 Å². The van der Waals surface area contributed by atoms with Gasteiger partial charge in [0.2, 0.25) is 6.29 Å². The van der Waals surface area contributed by atoms with E-state index in [1.165, 1.54) is 13.0 Å². The molecule has 4 rings (SSSR count). The molecule has 38 heavy (non-hydrogen) atoms. The van der Waals surface area contributed by atoms with E-state index in [4.69, 9.17) is 18.9 Å². The molecule has 8 N–H and O–H groups in total. The number of fused-ring (bicyclic) bond motifs is 1. The van der Waals surface area contributed by atoms with Crippen LogP contribution < -0.4 is 4.74 Å². The zero-order chi connectivity index (χ0) is 27.9. The molecule has 13 nitrogen and oxygen atoms in total. The second kappa shape index (κ2) is 11.4. The Balaban J connectivity index is 1.65. The molecule has 2 heterocycles. The highest BCUT2D eigenvalue weighted by Crippen LogP contribution is 2.39. The molecule has 0 aliphatic carbocycles. The molecule has 210 valence electrons. The van der Waals surface area contributed by atoms with Gasteiger partial charge in [-0.1, -0.05) is 18.2 Å². The molecule has 2 aliphatic heterocycles. The molecule has 2 fully saturated rings. The third kappa shape index (κ3) is 5.10. The Morgan fingerprint density at radius 1 is 0.895 bits per heavy atom. The highest BCUT2D eigenvalue weighted by molar-refractivity contribution is 6.06. The van der Waals surface area contributed by atoms with Crippen LogP contribution in [0.2, 0.25) is 0 Å². The van der Waals surface area contributed by atoms with Crippen LogP contribution in [0.1, 0.15) is 22.8 Å². The summed E-state index contributed by atoms with van der Waals surface area (Å²) in [5, 5.41) is 82.8. The lowest BCUT2D eigenvalue weighted by Gasteiger charge is -2.45. The molecule has 0 aromatic heterocycles. The smallest absolute Gasteiger partial charge is 0.229 e. The van der Waals surface area contributed by atoms with Gasteiger partial charge < -0.3 is 59.8 Å². The molecule has 0 unspecified atom stereocenters. The lowest BCUT2D eigenvalue weighted by Crippen LogP contribution is -2.65. The number of aromatic hydroxyl groups is 1. The molecule has 0 amide bonds. The molecule has 10 atom stereocenters. The van der Waals surface area contributed by atoms with Crippen molar-refractivity contribution in [2.75, 3.05) is 13.2 Å². The van der Waals surface area contributed by atoms with Gasteiger partial charge >= 0.3 is 0 Å². The maximum absolute atomic E-state index is 12.1. The van der Waals surface area contributed by atoms with E-state index in [9.17, 15) is 45.6 Å². The predicted octanol–water partition coefficient (Wildman–Crippen LogP) is -1.94. The van der Waals surface area contributed by atoms with Crippen LogP contribution in [-0.4, -0.2) is 121 Å². The van der Waals surface area contributed by atoms with Crippen molar-refractivity contribution in [3.63, 3.8) is 0 Å². The van der Waals surface area contributed by atoms with Crippen molar-refractivity contribution in [3.05, 3.63) is 35.4 Å². The molecule has 2 saturated heterocycles. The van der Waals surface area contributed by atoms with Crippen molar-refractivity contribution in [1.29, 1.82) is 0 Å². The number of phenolic OH excluding ortho intramolecular Hbond substituents is 1. The number of Topliss-reactive ketones (excluding diaryl/α,β-unsaturated/α-hetero) is 1. The van der Waals surface area contributed by atoms with Gasteiger partial charge in [-0.05, 0) is 30.9 Å². The number of rotatable bonds is 7. The second-order valence-electron chi connectivity index (χ2n) is 9.45. The summed E-state index contributed by atoms with van der Waals surface area (Å²) in [6.07, 6.45) is -16.2. The molecule has 2 aromatic rings. The molecule has 0 spiro atoms. The van der Waals surface area contributed by atoms with Gasteiger partial charge in [-0.25, -0.2) is 0 Å². The topological polar surface area (TPSA) is 216 Å². The number of ether oxygens (including phenoxy) is 4. The SMILES string of the molecule is CC(=O)c1c(C)cc2cccc(O[C@@H]3O[C@@H](CO)[C@@H](O)[C@@H](O[C@H]4O[C@H](CO)[C@@H](O)[C@@H](O)[C@H]4O)[C@@H]3O)c2c1O. The predicted molar refractivity (Wildman–Crippen MR) is 127 cm³/mol. The summed E-state index contributed by atoms with van der Waals surface area (Å²) in [6.45, 7) is 1.53. The number of phenols is 1. The Morgan fingerprint density at radius 2 is 1.53 bits per heavy atom. The van der Waals surface area contributed by atoms with Crippen molar-refractivity contribution in [2.45, 2.75) is 75.3 Å². The lowest BCUT2D eigenvalue weighted by atomic mass is 9.96. The quantitative estimate of drug-likeness (QED) is 0.180. The van der Waals surface area contributed by atoms with E-state index in [1.807, 2.05) is 0 Å². The first-order valence-electron chi connectivity index (χ1n) is 12.0. The first-order chi connectivity index (χ1) is 18.0. The van der Waals surface area contributed by atoms with Gasteiger partial charge in [-0.3, -0.25) is 4.79 Å². The minimum absolute atomic E-state index is 0.0196. The summed E-state index contributed by atoms with van der Waals surface area (Å²) in [4.78, 5) is 12.1. The van der Waals surface area contributed by atoms with Gasteiger partial charge in [0.05, 0.1) is 24.2 Å². The minimum atomic E-state index is -1.81. The largest absolute Gasteiger partial charge is 0.506 e. The Kier molecular flexibility index (Phi) is 8.54. The van der Waals surface area contributed by atoms with E-state index < -0.39 is 74.6 Å². The van der Waals surface area contributed by atoms with Crippen LogP contribution in [0, 0.1) is 6.92 Å². The van der Waals surface area contributed by atoms with Gasteiger partial charge in [-0.15, -0.1) is 0 Å². The Morgan fingerprint density at radius 3 is 2.16 bits per heavy atom. The van der Waals surface area contributed by atoms with Gasteiger partial charge in [0.15, 0.2) is 12.1 Å². The average Bonchev–Trinajstić information content (AvgIpc) is 2.87. The third-order valence-electron chi connectivity index (χ3n) is 6.86. The van der Waals surface area contributed by atoms with Crippen molar-refractivity contribution >= 4 is 16.6 Å². The lowest BCUT2D eigenvalue weighted by molar-refractivity contribution is -0.352. The Labute approximate surface area is 217 Å². The zero-order valence-corrected chi connectivity index (χ0v) is 20.6. The minimum Gasteiger partial charge on any atom is -0.506 e. The highest BCUT2D eigenvalue weighted by atomic mass is 16.7. The first-order valence-corrected chi connectivity index (χ1v) is 12.0. The highest BCUT2D eigenvalue weighted by Gasteiger charge is 2.51. The van der Waals surface area contributed by atoms with Crippen LogP contribution in [0.5, 0.6) is 11.5 Å². The normalized spacial score (nSPS) is 35.8. The Hall–Kier alpha value is -2.43. The first kappa shape index (κ1) is 28.6. The van der Waals surface area contributed by atoms with Crippen LogP contribution in [-0.2, 0) is 14.2 Å². The number of aryl methyl sites for hydroxylation is 1. The summed E-state index contributed by atoms with van der Waals surface area (Å²) in [7, 11) is 0. The maximum Gasteiger partial charge on any atom is 0.229 e. The number of hydrogen-bond acceptors (Lipinski definition) is 13. The summed E-state index contributed by atoms with van der Waals surface area (Å²) < 4.78 is 22.3. The van der Waals surface area contributed by atoms with E-state index in [0.29, 0.717) is 10.9 Å². The van der Waals surface area contributed by atoms with Crippen LogP contribution >= 0.6 is 0 Å². The molecule has 0 saturated carbocycles. The van der Waals surface area contributed by atoms with Crippen LogP contribution in [0.25, 0.3) is 10.8 Å². The standard InChI is InChI=1S/C25H32O13/c1-9-6-11-4-3-5-12(16(11)19(31)15(9)10(2)28)35-25-22(34)23(18(30)14(8-27)37-25)38-24-21(33)20(32)17(29)13(7-26)36-24/h3-6,13-14,17-18,20-27,29-34H,7-8H2,1-2H3/t13-,14+,17-,18-,20-,21-,22+,23-,24-,25-/m1/s1. The number of carbonyl (C=O) groups excluding carboxylic acids is 1. The van der Waals surface area contributed by atoms with Crippen molar-refractivity contribution in [1.82, 2.24) is 0 Å². The monoisotopic (exact) mass is 540 g/mol. The maximum atomic E-state index is 12.1. The number of ketones is 1. The van der Waals surface area contributed by atoms with Crippen LogP contribution in [0.4, 0.5) is 0 Å². The molecule has 13 heteroatoms. The van der Waals surface area contributed by atoms with Gasteiger partial charge in [-0.2, -0.15) is 0 Å². The van der Waals surface area contributed by atoms with Crippen molar-refractivity contribution in [2.24, 2.45) is 0 Å². The Bertz CT molecular complexity index is 1150. The van der Waals surface area contributed by atoms with Gasteiger partial charge in [0.25, 0.3) is 0 Å². The van der Waals surface area contributed by atoms with E-state index >= 15 is 0 Å². The van der Waals surface area contributed by atoms with Crippen molar-refractivity contribution in [3.8, 4) is 11.5 Å². The number of aliphatic hydroxyl groups is 7. The van der Waals surface area contributed by atoms with E-state index in [-0.39, 0.29) is 28.2 Å². The average molecular weight is 541 g/mol. The molecule has 0 bridgehead atoms. The summed E-state index contributed by atoms with van der Waals surface area (Å²) >= 11 is 0. The number of carbonyl (C=O) groups is 1. The fourth-order valence-electron chi connectivity index (χ4n) is 4.85. The fraction of sp³-hybridized carbons (Fsp3) is 0.560. The van der Waals surface area contributed by atoms with Crippen LogP contribution in [0.15, 0.2) is 24.3 Å². The fourth-order valence-corrected chi connectivity index (χ4v) is 4.85. The van der Waals surface area contributed by atoms with E-state index in [1.54, 1.807) is 25.1 Å². The van der Waals surface area contributed by atoms with Gasteiger partial charge in [0.1, 0.15) is 60.3 Å².